The number of piperidine rings is 1. The molecule has 1 saturated heterocycles. The molecular formula is C21H23BrN2O3S. The van der Waals surface area contributed by atoms with Crippen LogP contribution in [0.4, 0.5) is 5.69 Å². The van der Waals surface area contributed by atoms with Crippen LogP contribution in [0.1, 0.15) is 37.7 Å². The summed E-state index contributed by atoms with van der Waals surface area (Å²) in [6, 6.07) is 14.4. The van der Waals surface area contributed by atoms with Gasteiger partial charge in [-0.3, -0.25) is 4.79 Å². The molecule has 1 saturated carbocycles. The molecule has 2 aliphatic rings. The van der Waals surface area contributed by atoms with Gasteiger partial charge in [0, 0.05) is 23.2 Å². The molecule has 0 spiro atoms. The van der Waals surface area contributed by atoms with Gasteiger partial charge in [0.15, 0.2) is 0 Å². The summed E-state index contributed by atoms with van der Waals surface area (Å²) in [4.78, 5) is 13.2. The van der Waals surface area contributed by atoms with Gasteiger partial charge in [0.05, 0.1) is 10.3 Å². The summed E-state index contributed by atoms with van der Waals surface area (Å²) >= 11 is 3.42. The number of hydrogen-bond donors (Lipinski definition) is 1. The molecule has 1 aliphatic heterocycles. The minimum atomic E-state index is -3.52. The molecule has 0 unspecified atom stereocenters. The van der Waals surface area contributed by atoms with Gasteiger partial charge in [0.2, 0.25) is 15.9 Å². The average Bonchev–Trinajstić information content (AvgIpc) is 3.51. The molecule has 28 heavy (non-hydrogen) atoms. The van der Waals surface area contributed by atoms with Crippen molar-refractivity contribution in [2.75, 3.05) is 18.4 Å². The van der Waals surface area contributed by atoms with Crippen LogP contribution >= 0.6 is 15.9 Å². The van der Waals surface area contributed by atoms with Crippen molar-refractivity contribution >= 4 is 37.5 Å². The smallest absolute Gasteiger partial charge is 0.243 e. The van der Waals surface area contributed by atoms with E-state index in [9.17, 15) is 13.2 Å². The summed E-state index contributed by atoms with van der Waals surface area (Å²) in [6.45, 7) is 1.12. The van der Waals surface area contributed by atoms with Crippen LogP contribution in [0, 0.1) is 0 Å². The second-order valence-electron chi connectivity index (χ2n) is 7.54. The third kappa shape index (κ3) is 3.75. The highest BCUT2D eigenvalue weighted by Crippen LogP contribution is 2.49. The molecule has 1 aliphatic carbocycles. The average molecular weight is 463 g/mol. The van der Waals surface area contributed by atoms with Crippen LogP contribution in [0.15, 0.2) is 57.9 Å². The molecule has 2 aromatic rings. The zero-order valence-corrected chi connectivity index (χ0v) is 17.9. The van der Waals surface area contributed by atoms with Crippen LogP contribution in [0.25, 0.3) is 0 Å². The zero-order valence-electron chi connectivity index (χ0n) is 15.5. The van der Waals surface area contributed by atoms with E-state index in [1.54, 1.807) is 28.6 Å². The van der Waals surface area contributed by atoms with Crippen molar-refractivity contribution < 1.29 is 13.2 Å². The third-order valence-electron chi connectivity index (χ3n) is 5.63. The van der Waals surface area contributed by atoms with Gasteiger partial charge in [-0.15, -0.1) is 0 Å². The summed E-state index contributed by atoms with van der Waals surface area (Å²) in [5.41, 5.74) is 0.999. The third-order valence-corrected chi connectivity index (χ3v) is 8.05. The lowest BCUT2D eigenvalue weighted by Crippen LogP contribution is -2.35. The summed E-state index contributed by atoms with van der Waals surface area (Å²) in [7, 11) is -3.52. The number of nitrogens with zero attached hydrogens (tertiary/aromatic N) is 1. The van der Waals surface area contributed by atoms with Crippen LogP contribution in [0.2, 0.25) is 0 Å². The highest BCUT2D eigenvalue weighted by atomic mass is 79.9. The number of hydrogen-bond acceptors (Lipinski definition) is 3. The van der Waals surface area contributed by atoms with Gasteiger partial charge in [-0.05, 0) is 61.6 Å². The molecule has 148 valence electrons. The molecule has 0 aromatic heterocycles. The number of amides is 1. The number of carbonyl (C=O) groups excluding carboxylic acids is 1. The van der Waals surface area contributed by atoms with Gasteiger partial charge >= 0.3 is 0 Å². The van der Waals surface area contributed by atoms with E-state index in [2.05, 4.69) is 21.2 Å². The first-order chi connectivity index (χ1) is 13.4. The minimum absolute atomic E-state index is 0.0812. The Hall–Kier alpha value is -1.70. The summed E-state index contributed by atoms with van der Waals surface area (Å²) < 4.78 is 28.3. The number of rotatable bonds is 5. The lowest BCUT2D eigenvalue weighted by molar-refractivity contribution is -0.118. The molecular weight excluding hydrogens is 440 g/mol. The molecule has 0 bridgehead atoms. The van der Waals surface area contributed by atoms with Gasteiger partial charge < -0.3 is 5.32 Å². The van der Waals surface area contributed by atoms with E-state index < -0.39 is 15.4 Å². The van der Waals surface area contributed by atoms with E-state index in [0.29, 0.717) is 18.8 Å². The fraction of sp³-hybridized carbons (Fsp3) is 0.381. The van der Waals surface area contributed by atoms with E-state index >= 15 is 0 Å². The maximum Gasteiger partial charge on any atom is 0.243 e. The molecule has 1 N–H and O–H groups in total. The molecule has 0 atom stereocenters. The van der Waals surface area contributed by atoms with Crippen molar-refractivity contribution in [2.24, 2.45) is 0 Å². The Labute approximate surface area is 174 Å². The lowest BCUT2D eigenvalue weighted by Gasteiger charge is -2.26. The Morgan fingerprint density at radius 3 is 2.32 bits per heavy atom. The van der Waals surface area contributed by atoms with E-state index in [1.807, 2.05) is 24.3 Å². The topological polar surface area (TPSA) is 66.5 Å². The first-order valence-electron chi connectivity index (χ1n) is 9.60. The lowest BCUT2D eigenvalue weighted by atomic mass is 9.95. The van der Waals surface area contributed by atoms with Crippen molar-refractivity contribution in [3.8, 4) is 0 Å². The molecule has 1 heterocycles. The Morgan fingerprint density at radius 2 is 1.68 bits per heavy atom. The van der Waals surface area contributed by atoms with Gasteiger partial charge in [0.1, 0.15) is 0 Å². The molecule has 2 fully saturated rings. The van der Waals surface area contributed by atoms with E-state index in [4.69, 9.17) is 0 Å². The van der Waals surface area contributed by atoms with Gasteiger partial charge in [-0.1, -0.05) is 40.5 Å². The quantitative estimate of drug-likeness (QED) is 0.720. The number of anilines is 1. The number of benzene rings is 2. The highest BCUT2D eigenvalue weighted by molar-refractivity contribution is 9.10. The summed E-state index contributed by atoms with van der Waals surface area (Å²) in [5, 5.41) is 2.94. The van der Waals surface area contributed by atoms with Crippen molar-refractivity contribution in [3.63, 3.8) is 0 Å². The fourth-order valence-corrected chi connectivity index (χ4v) is 5.61. The predicted octanol–water partition coefficient (Wildman–Crippen LogP) is 4.29. The number of nitrogens with one attached hydrogen (secondary N) is 1. The van der Waals surface area contributed by atoms with Crippen LogP contribution in [-0.2, 0) is 20.2 Å². The fourth-order valence-electron chi connectivity index (χ4n) is 3.78. The minimum Gasteiger partial charge on any atom is -0.325 e. The Bertz CT molecular complexity index is 979. The highest BCUT2D eigenvalue weighted by Gasteiger charge is 2.51. The Balaban J connectivity index is 1.54. The Morgan fingerprint density at radius 1 is 1.00 bits per heavy atom. The first kappa shape index (κ1) is 19.6. The van der Waals surface area contributed by atoms with Crippen molar-refractivity contribution in [2.45, 2.75) is 42.4 Å². The molecule has 7 heteroatoms. The normalized spacial score (nSPS) is 19.2. The zero-order chi connectivity index (χ0) is 19.8. The Kier molecular flexibility index (Phi) is 5.33. The van der Waals surface area contributed by atoms with Gasteiger partial charge in [0.25, 0.3) is 0 Å². The monoisotopic (exact) mass is 462 g/mol. The molecule has 5 nitrogen and oxygen atoms in total. The van der Waals surface area contributed by atoms with Gasteiger partial charge in [-0.2, -0.15) is 4.31 Å². The van der Waals surface area contributed by atoms with E-state index in [1.165, 1.54) is 0 Å². The summed E-state index contributed by atoms with van der Waals surface area (Å²) in [5.74, 6) is -0.0812. The van der Waals surface area contributed by atoms with Crippen LogP contribution in [-0.4, -0.2) is 31.7 Å². The molecule has 1 amide bonds. The maximum atomic E-state index is 13.0. The molecule has 0 radical (unpaired) electrons. The van der Waals surface area contributed by atoms with Crippen molar-refractivity contribution in [1.29, 1.82) is 0 Å². The molecule has 2 aromatic carbocycles. The maximum absolute atomic E-state index is 13.0. The largest absolute Gasteiger partial charge is 0.325 e. The van der Waals surface area contributed by atoms with Crippen molar-refractivity contribution in [3.05, 3.63) is 58.6 Å². The predicted molar refractivity (Wildman–Crippen MR) is 113 cm³/mol. The second-order valence-corrected chi connectivity index (χ2v) is 10.4. The number of sulfonamides is 1. The van der Waals surface area contributed by atoms with Crippen LogP contribution < -0.4 is 5.32 Å². The van der Waals surface area contributed by atoms with E-state index in [-0.39, 0.29) is 10.8 Å². The number of carbonyl (C=O) groups is 1. The second kappa shape index (κ2) is 7.61. The van der Waals surface area contributed by atoms with E-state index in [0.717, 1.165) is 42.1 Å². The molecule has 4 rings (SSSR count). The number of halogens is 1. The van der Waals surface area contributed by atoms with Gasteiger partial charge in [-0.25, -0.2) is 8.42 Å². The summed E-state index contributed by atoms with van der Waals surface area (Å²) in [6.07, 6.45) is 4.45. The van der Waals surface area contributed by atoms with Crippen molar-refractivity contribution in [1.82, 2.24) is 4.31 Å². The standard InChI is InChI=1S/C21H23BrN2O3S/c22-17-9-7-16(8-10-17)21(11-12-21)20(25)23-18-5-4-6-19(15-18)28(26,27)24-13-2-1-3-14-24/h4-10,15H,1-3,11-14H2,(H,23,25). The van der Waals surface area contributed by atoms with Crippen LogP contribution in [0.3, 0.4) is 0 Å². The SMILES string of the molecule is O=C(Nc1cccc(S(=O)(=O)N2CCCCC2)c1)C1(c2ccc(Br)cc2)CC1. The van der Waals surface area contributed by atoms with Crippen LogP contribution in [0.5, 0.6) is 0 Å². The first-order valence-corrected chi connectivity index (χ1v) is 11.8.